The van der Waals surface area contributed by atoms with Gasteiger partial charge in [-0.25, -0.2) is 17.9 Å². The second-order valence-electron chi connectivity index (χ2n) is 8.29. The molecule has 2 rings (SSSR count). The van der Waals surface area contributed by atoms with Crippen LogP contribution in [0.5, 0.6) is 0 Å². The lowest BCUT2D eigenvalue weighted by atomic mass is 9.76. The average Bonchev–Trinajstić information content (AvgIpc) is 3.29. The van der Waals surface area contributed by atoms with Crippen LogP contribution in [0.25, 0.3) is 0 Å². The van der Waals surface area contributed by atoms with Gasteiger partial charge in [0.2, 0.25) is 15.9 Å². The van der Waals surface area contributed by atoms with E-state index in [-0.39, 0.29) is 36.3 Å². The Labute approximate surface area is 179 Å². The van der Waals surface area contributed by atoms with Gasteiger partial charge in [0.1, 0.15) is 0 Å². The maximum Gasteiger partial charge on any atom is 0.327 e. The standard InChI is InChI=1S/C21H36N2O6S/c1-2-3-8-13-30(27,28)23-15-20(24)22-14-17-16(18-11-12-19(17)29-18)9-6-4-5-7-10-21(25)26/h7,10,16-19,23H,2-6,8-9,11-15H2,1H3,(H,22,24)(H,25,26)/b10-7+/t16-,17+,18-,19+/m0/s1. The number of hydrogen-bond acceptors (Lipinski definition) is 5. The predicted molar refractivity (Wildman–Crippen MR) is 114 cm³/mol. The van der Waals surface area contributed by atoms with Crippen molar-refractivity contribution in [2.24, 2.45) is 11.8 Å². The maximum atomic E-state index is 12.1. The Morgan fingerprint density at radius 1 is 1.10 bits per heavy atom. The van der Waals surface area contributed by atoms with E-state index in [4.69, 9.17) is 9.84 Å². The molecule has 0 radical (unpaired) electrons. The first-order chi connectivity index (χ1) is 14.3. The molecular formula is C21H36N2O6S. The number of unbranched alkanes of at least 4 members (excludes halogenated alkanes) is 4. The van der Waals surface area contributed by atoms with Crippen molar-refractivity contribution in [1.29, 1.82) is 0 Å². The summed E-state index contributed by atoms with van der Waals surface area (Å²) in [6.07, 6.45) is 11.4. The van der Waals surface area contributed by atoms with Gasteiger partial charge < -0.3 is 15.2 Å². The van der Waals surface area contributed by atoms with Crippen LogP contribution in [0.4, 0.5) is 0 Å². The molecule has 0 unspecified atom stereocenters. The number of carboxylic acids is 1. The van der Waals surface area contributed by atoms with Crippen LogP contribution in [0.15, 0.2) is 12.2 Å². The van der Waals surface area contributed by atoms with E-state index in [0.29, 0.717) is 18.9 Å². The zero-order valence-corrected chi connectivity index (χ0v) is 18.7. The van der Waals surface area contributed by atoms with E-state index in [1.54, 1.807) is 6.08 Å². The number of carbonyl (C=O) groups excluding carboxylic acids is 1. The predicted octanol–water partition coefficient (Wildman–Crippen LogP) is 2.21. The van der Waals surface area contributed by atoms with Gasteiger partial charge in [0.05, 0.1) is 24.5 Å². The van der Waals surface area contributed by atoms with Crippen molar-refractivity contribution in [3.05, 3.63) is 12.2 Å². The zero-order valence-electron chi connectivity index (χ0n) is 17.8. The molecule has 2 heterocycles. The summed E-state index contributed by atoms with van der Waals surface area (Å²) in [5.41, 5.74) is 0. The monoisotopic (exact) mass is 444 g/mol. The van der Waals surface area contributed by atoms with Crippen LogP contribution in [0.1, 0.15) is 64.7 Å². The van der Waals surface area contributed by atoms with Gasteiger partial charge in [0, 0.05) is 18.5 Å². The molecule has 0 aliphatic carbocycles. The molecule has 8 nitrogen and oxygen atoms in total. The van der Waals surface area contributed by atoms with Crippen molar-refractivity contribution in [2.45, 2.75) is 76.9 Å². The summed E-state index contributed by atoms with van der Waals surface area (Å²) in [7, 11) is -3.41. The summed E-state index contributed by atoms with van der Waals surface area (Å²) in [5.74, 6) is -0.537. The number of sulfonamides is 1. The highest BCUT2D eigenvalue weighted by Crippen LogP contribution is 2.45. The largest absolute Gasteiger partial charge is 0.478 e. The number of hydrogen-bond donors (Lipinski definition) is 3. The molecule has 0 aromatic rings. The summed E-state index contributed by atoms with van der Waals surface area (Å²) >= 11 is 0. The number of amides is 1. The fourth-order valence-electron chi connectivity index (χ4n) is 4.46. The summed E-state index contributed by atoms with van der Waals surface area (Å²) in [6, 6.07) is 0. The van der Waals surface area contributed by atoms with Gasteiger partial charge in [-0.3, -0.25) is 4.79 Å². The number of ether oxygens (including phenoxy) is 1. The molecule has 9 heteroatoms. The number of carboxylic acid groups (broad SMARTS) is 1. The van der Waals surface area contributed by atoms with Crippen LogP contribution in [-0.2, 0) is 24.3 Å². The molecule has 2 bridgehead atoms. The highest BCUT2D eigenvalue weighted by Gasteiger charge is 2.48. The summed E-state index contributed by atoms with van der Waals surface area (Å²) in [4.78, 5) is 22.6. The second kappa shape index (κ2) is 12.4. The number of allylic oxidation sites excluding steroid dienone is 1. The molecule has 172 valence electrons. The molecule has 0 aromatic heterocycles. The molecule has 2 fully saturated rings. The van der Waals surface area contributed by atoms with E-state index in [2.05, 4.69) is 10.0 Å². The van der Waals surface area contributed by atoms with Crippen LogP contribution < -0.4 is 10.0 Å². The molecular weight excluding hydrogens is 408 g/mol. The van der Waals surface area contributed by atoms with Gasteiger partial charge in [-0.1, -0.05) is 32.3 Å². The van der Waals surface area contributed by atoms with Gasteiger partial charge in [-0.2, -0.15) is 0 Å². The first kappa shape index (κ1) is 24.8. The van der Waals surface area contributed by atoms with E-state index >= 15 is 0 Å². The van der Waals surface area contributed by atoms with E-state index in [1.807, 2.05) is 6.92 Å². The molecule has 2 aliphatic heterocycles. The van der Waals surface area contributed by atoms with E-state index in [1.165, 1.54) is 6.08 Å². The summed E-state index contributed by atoms with van der Waals surface area (Å²) in [6.45, 7) is 2.29. The smallest absolute Gasteiger partial charge is 0.327 e. The number of rotatable bonds is 15. The van der Waals surface area contributed by atoms with Gasteiger partial charge in [0.25, 0.3) is 0 Å². The molecule has 1 amide bonds. The van der Waals surface area contributed by atoms with Crippen LogP contribution in [0.3, 0.4) is 0 Å². The van der Waals surface area contributed by atoms with Gasteiger partial charge in [0.15, 0.2) is 0 Å². The molecule has 2 saturated heterocycles. The van der Waals surface area contributed by atoms with Crippen LogP contribution >= 0.6 is 0 Å². The normalized spacial score (nSPS) is 25.8. The number of fused-ring (bicyclic) bond motifs is 2. The average molecular weight is 445 g/mol. The SMILES string of the molecule is CCCCCS(=O)(=O)NCC(=O)NC[C@@H]1[C@H](CCCC/C=C/C(=O)O)[C@@H]2CC[C@H]1O2. The Balaban J connectivity index is 1.70. The fourth-order valence-corrected chi connectivity index (χ4v) is 5.54. The molecule has 3 N–H and O–H groups in total. The molecule has 2 aliphatic rings. The molecule has 0 spiro atoms. The molecule has 4 atom stereocenters. The maximum absolute atomic E-state index is 12.1. The van der Waals surface area contributed by atoms with Crippen LogP contribution in [-0.4, -0.2) is 56.5 Å². The minimum absolute atomic E-state index is 0.0536. The Kier molecular flexibility index (Phi) is 10.3. The fraction of sp³-hybridized carbons (Fsp3) is 0.810. The minimum atomic E-state index is -3.41. The first-order valence-electron chi connectivity index (χ1n) is 11.1. The van der Waals surface area contributed by atoms with Crippen LogP contribution in [0, 0.1) is 11.8 Å². The first-order valence-corrected chi connectivity index (χ1v) is 12.8. The van der Waals surface area contributed by atoms with E-state index < -0.39 is 16.0 Å². The van der Waals surface area contributed by atoms with Crippen molar-refractivity contribution in [3.8, 4) is 0 Å². The zero-order chi connectivity index (χ0) is 22.0. The van der Waals surface area contributed by atoms with Crippen molar-refractivity contribution in [2.75, 3.05) is 18.8 Å². The molecule has 0 saturated carbocycles. The van der Waals surface area contributed by atoms with Crippen molar-refractivity contribution < 1.29 is 27.9 Å². The van der Waals surface area contributed by atoms with Crippen molar-refractivity contribution >= 4 is 21.9 Å². The van der Waals surface area contributed by atoms with E-state index in [0.717, 1.165) is 51.4 Å². The second-order valence-corrected chi connectivity index (χ2v) is 10.2. The Morgan fingerprint density at radius 2 is 1.83 bits per heavy atom. The summed E-state index contributed by atoms with van der Waals surface area (Å²) in [5, 5.41) is 11.5. The lowest BCUT2D eigenvalue weighted by Crippen LogP contribution is -2.42. The van der Waals surface area contributed by atoms with Crippen molar-refractivity contribution in [3.63, 3.8) is 0 Å². The Morgan fingerprint density at radius 3 is 2.53 bits per heavy atom. The van der Waals surface area contributed by atoms with Gasteiger partial charge in [-0.15, -0.1) is 0 Å². The third-order valence-electron chi connectivity index (χ3n) is 6.01. The topological polar surface area (TPSA) is 122 Å². The van der Waals surface area contributed by atoms with Crippen LogP contribution in [0.2, 0.25) is 0 Å². The molecule has 30 heavy (non-hydrogen) atoms. The lowest BCUT2D eigenvalue weighted by Gasteiger charge is -2.28. The van der Waals surface area contributed by atoms with E-state index in [9.17, 15) is 18.0 Å². The van der Waals surface area contributed by atoms with Gasteiger partial charge in [-0.05, 0) is 44.4 Å². The number of aliphatic carboxylic acids is 1. The highest BCUT2D eigenvalue weighted by molar-refractivity contribution is 7.89. The summed E-state index contributed by atoms with van der Waals surface area (Å²) < 4.78 is 32.3. The lowest BCUT2D eigenvalue weighted by molar-refractivity contribution is -0.131. The minimum Gasteiger partial charge on any atom is -0.478 e. The number of nitrogens with one attached hydrogen (secondary N) is 2. The van der Waals surface area contributed by atoms with Gasteiger partial charge >= 0.3 is 5.97 Å². The molecule has 0 aromatic carbocycles. The third-order valence-corrected chi connectivity index (χ3v) is 7.42. The Bertz CT molecular complexity index is 694. The Hall–Kier alpha value is -1.45. The van der Waals surface area contributed by atoms with Crippen molar-refractivity contribution in [1.82, 2.24) is 10.0 Å². The quantitative estimate of drug-likeness (QED) is 0.263. The third kappa shape index (κ3) is 8.35. The number of carbonyl (C=O) groups is 2. The highest BCUT2D eigenvalue weighted by atomic mass is 32.2.